The molecule has 0 fully saturated rings. The van der Waals surface area contributed by atoms with Crippen molar-refractivity contribution < 1.29 is 13.6 Å². The molecule has 0 amide bonds. The van der Waals surface area contributed by atoms with Gasteiger partial charge in [-0.2, -0.15) is 5.06 Å². The van der Waals surface area contributed by atoms with Crippen molar-refractivity contribution in [3.63, 3.8) is 0 Å². The van der Waals surface area contributed by atoms with E-state index < -0.39 is 0 Å². The average molecular weight is 347 g/mol. The van der Waals surface area contributed by atoms with Crippen LogP contribution in [0.3, 0.4) is 0 Å². The van der Waals surface area contributed by atoms with E-state index in [-0.39, 0.29) is 5.82 Å². The van der Waals surface area contributed by atoms with Gasteiger partial charge in [-0.05, 0) is 23.8 Å². The maximum Gasteiger partial charge on any atom is 0.211 e. The van der Waals surface area contributed by atoms with Crippen molar-refractivity contribution in [2.45, 2.75) is 13.1 Å². The van der Waals surface area contributed by atoms with Gasteiger partial charge in [-0.3, -0.25) is 0 Å². The Balaban J connectivity index is 1.73. The van der Waals surface area contributed by atoms with Crippen LogP contribution in [-0.2, 0) is 17.9 Å². The third-order valence-corrected chi connectivity index (χ3v) is 3.94. The molecule has 0 radical (unpaired) electrons. The third kappa shape index (κ3) is 3.82. The molecule has 0 atom stereocenters. The Labute approximate surface area is 144 Å². The topological polar surface area (TPSA) is 38.5 Å². The van der Waals surface area contributed by atoms with Gasteiger partial charge in [0.15, 0.2) is 5.76 Å². The second kappa shape index (κ2) is 7.57. The van der Waals surface area contributed by atoms with Gasteiger partial charge in [0.25, 0.3) is 0 Å². The van der Waals surface area contributed by atoms with Crippen LogP contribution >= 0.6 is 11.6 Å². The predicted molar refractivity (Wildman–Crippen MR) is 89.6 cm³/mol. The summed E-state index contributed by atoms with van der Waals surface area (Å²) in [7, 11) is 1.57. The molecule has 0 spiro atoms. The second-order valence-corrected chi connectivity index (χ2v) is 5.58. The maximum absolute atomic E-state index is 13.8. The summed E-state index contributed by atoms with van der Waals surface area (Å²) < 4.78 is 19.5. The van der Waals surface area contributed by atoms with Gasteiger partial charge >= 0.3 is 0 Å². The molecule has 24 heavy (non-hydrogen) atoms. The maximum atomic E-state index is 13.8. The zero-order chi connectivity index (χ0) is 16.9. The van der Waals surface area contributed by atoms with Crippen LogP contribution in [0.5, 0.6) is 0 Å². The summed E-state index contributed by atoms with van der Waals surface area (Å²) in [4.78, 5) is 9.55. The van der Waals surface area contributed by atoms with Crippen LogP contribution in [0.15, 0.2) is 59.1 Å². The normalized spacial score (nSPS) is 11.2. The van der Waals surface area contributed by atoms with Gasteiger partial charge in [0.05, 0.1) is 25.4 Å². The van der Waals surface area contributed by atoms with Crippen molar-refractivity contribution in [2.75, 3.05) is 7.11 Å². The van der Waals surface area contributed by atoms with E-state index in [0.29, 0.717) is 35.3 Å². The van der Waals surface area contributed by atoms with Gasteiger partial charge in [0.1, 0.15) is 12.4 Å². The standard InChI is InChI=1S/C18H16ClFN2O2/c1-23-22(11-13-6-2-4-8-15(13)19)12-18-21-10-17(24-18)14-7-3-5-9-16(14)20/h2-10H,11-12H2,1H3. The molecule has 124 valence electrons. The summed E-state index contributed by atoms with van der Waals surface area (Å²) in [6.45, 7) is 0.795. The van der Waals surface area contributed by atoms with Gasteiger partial charge < -0.3 is 9.25 Å². The lowest BCUT2D eigenvalue weighted by Gasteiger charge is -2.18. The zero-order valence-corrected chi connectivity index (χ0v) is 13.8. The molecule has 0 aliphatic carbocycles. The first-order chi connectivity index (χ1) is 11.7. The number of halogens is 2. The molecule has 0 saturated carbocycles. The van der Waals surface area contributed by atoms with Gasteiger partial charge in [0.2, 0.25) is 5.89 Å². The first-order valence-corrected chi connectivity index (χ1v) is 7.77. The van der Waals surface area contributed by atoms with E-state index in [2.05, 4.69) is 4.98 Å². The highest BCUT2D eigenvalue weighted by molar-refractivity contribution is 6.31. The fourth-order valence-corrected chi connectivity index (χ4v) is 2.52. The monoisotopic (exact) mass is 346 g/mol. The van der Waals surface area contributed by atoms with Crippen LogP contribution in [0.4, 0.5) is 4.39 Å². The van der Waals surface area contributed by atoms with Crippen LogP contribution in [0.25, 0.3) is 11.3 Å². The molecular formula is C18H16ClFN2O2. The van der Waals surface area contributed by atoms with Crippen molar-refractivity contribution in [3.05, 3.63) is 77.0 Å². The SMILES string of the molecule is CON(Cc1ncc(-c2ccccc2F)o1)Cc1ccccc1Cl. The Hall–Kier alpha value is -2.21. The largest absolute Gasteiger partial charge is 0.439 e. The second-order valence-electron chi connectivity index (χ2n) is 5.17. The molecule has 0 aliphatic heterocycles. The first kappa shape index (κ1) is 16.6. The Morgan fingerprint density at radius 1 is 1.12 bits per heavy atom. The highest BCUT2D eigenvalue weighted by Gasteiger charge is 2.14. The lowest BCUT2D eigenvalue weighted by Crippen LogP contribution is -2.21. The summed E-state index contributed by atoms with van der Waals surface area (Å²) in [5.74, 6) is 0.471. The van der Waals surface area contributed by atoms with Crippen LogP contribution in [-0.4, -0.2) is 17.2 Å². The summed E-state index contributed by atoms with van der Waals surface area (Å²) in [6.07, 6.45) is 1.51. The molecule has 4 nitrogen and oxygen atoms in total. The van der Waals surface area contributed by atoms with E-state index >= 15 is 0 Å². The van der Waals surface area contributed by atoms with Crippen molar-refractivity contribution in [3.8, 4) is 11.3 Å². The molecule has 0 unspecified atom stereocenters. The molecule has 3 aromatic rings. The molecule has 1 aromatic heterocycles. The lowest BCUT2D eigenvalue weighted by atomic mass is 10.2. The van der Waals surface area contributed by atoms with E-state index in [1.807, 2.05) is 24.3 Å². The van der Waals surface area contributed by atoms with Crippen LogP contribution in [0, 0.1) is 5.82 Å². The van der Waals surface area contributed by atoms with Crippen molar-refractivity contribution in [1.29, 1.82) is 0 Å². The number of hydroxylamine groups is 2. The van der Waals surface area contributed by atoms with E-state index in [0.717, 1.165) is 5.56 Å². The molecule has 6 heteroatoms. The quantitative estimate of drug-likeness (QED) is 0.606. The van der Waals surface area contributed by atoms with Crippen LogP contribution in [0.2, 0.25) is 5.02 Å². The number of hydrogen-bond acceptors (Lipinski definition) is 4. The number of rotatable bonds is 6. The number of benzene rings is 2. The lowest BCUT2D eigenvalue weighted by molar-refractivity contribution is -0.150. The Bertz CT molecular complexity index is 822. The molecule has 2 aromatic carbocycles. The molecule has 3 rings (SSSR count). The average Bonchev–Trinajstić information content (AvgIpc) is 3.05. The molecule has 0 saturated heterocycles. The van der Waals surface area contributed by atoms with Crippen molar-refractivity contribution in [2.24, 2.45) is 0 Å². The fourth-order valence-electron chi connectivity index (χ4n) is 2.32. The van der Waals surface area contributed by atoms with Crippen molar-refractivity contribution >= 4 is 11.6 Å². The molecule has 0 aliphatic rings. The zero-order valence-electron chi connectivity index (χ0n) is 13.1. The van der Waals surface area contributed by atoms with Gasteiger partial charge in [0, 0.05) is 5.02 Å². The summed E-state index contributed by atoms with van der Waals surface area (Å²) >= 11 is 6.17. The molecule has 0 bridgehead atoms. The van der Waals surface area contributed by atoms with E-state index in [1.165, 1.54) is 12.3 Å². The summed E-state index contributed by atoms with van der Waals surface area (Å²) in [6, 6.07) is 14.0. The highest BCUT2D eigenvalue weighted by atomic mass is 35.5. The molecule has 1 heterocycles. The van der Waals surface area contributed by atoms with E-state index in [9.17, 15) is 4.39 Å². The minimum Gasteiger partial charge on any atom is -0.439 e. The Morgan fingerprint density at radius 3 is 2.62 bits per heavy atom. The molecular weight excluding hydrogens is 331 g/mol. The van der Waals surface area contributed by atoms with Crippen LogP contribution < -0.4 is 0 Å². The summed E-state index contributed by atoms with van der Waals surface area (Å²) in [5.41, 5.74) is 1.31. The summed E-state index contributed by atoms with van der Waals surface area (Å²) in [5, 5.41) is 2.33. The van der Waals surface area contributed by atoms with Gasteiger partial charge in [-0.15, -0.1) is 0 Å². The number of oxazole rings is 1. The Kier molecular flexibility index (Phi) is 5.25. The number of aromatic nitrogens is 1. The number of nitrogens with zero attached hydrogens (tertiary/aromatic N) is 2. The van der Waals surface area contributed by atoms with Crippen molar-refractivity contribution in [1.82, 2.24) is 10.0 Å². The number of hydrogen-bond donors (Lipinski definition) is 0. The smallest absolute Gasteiger partial charge is 0.211 e. The highest BCUT2D eigenvalue weighted by Crippen LogP contribution is 2.24. The minimum atomic E-state index is -0.347. The third-order valence-electron chi connectivity index (χ3n) is 3.57. The fraction of sp³-hybridized carbons (Fsp3) is 0.167. The van der Waals surface area contributed by atoms with Crippen LogP contribution in [0.1, 0.15) is 11.5 Å². The minimum absolute atomic E-state index is 0.316. The predicted octanol–water partition coefficient (Wildman–Crippen LogP) is 4.70. The Morgan fingerprint density at radius 2 is 1.88 bits per heavy atom. The van der Waals surface area contributed by atoms with E-state index in [4.69, 9.17) is 20.9 Å². The van der Waals surface area contributed by atoms with Gasteiger partial charge in [-0.1, -0.05) is 41.9 Å². The first-order valence-electron chi connectivity index (χ1n) is 7.39. The molecule has 0 N–H and O–H groups in total. The van der Waals surface area contributed by atoms with Gasteiger partial charge in [-0.25, -0.2) is 9.37 Å². The van der Waals surface area contributed by atoms with E-state index in [1.54, 1.807) is 30.4 Å².